The first kappa shape index (κ1) is 17.9. The summed E-state index contributed by atoms with van der Waals surface area (Å²) in [6, 6.07) is 0. The van der Waals surface area contributed by atoms with Crippen molar-refractivity contribution in [1.82, 2.24) is 0 Å². The highest BCUT2D eigenvalue weighted by Gasteiger charge is 2.49. The van der Waals surface area contributed by atoms with Gasteiger partial charge in [-0.05, 0) is 26.7 Å². The van der Waals surface area contributed by atoms with Crippen LogP contribution in [-0.4, -0.2) is 43.1 Å². The normalized spacial score (nSPS) is 22.3. The Hall–Kier alpha value is -1.40. The summed E-state index contributed by atoms with van der Waals surface area (Å²) < 4.78 is 22.4. The first-order chi connectivity index (χ1) is 10.9. The Morgan fingerprint density at radius 2 is 1.74 bits per heavy atom. The van der Waals surface area contributed by atoms with Crippen LogP contribution in [0.5, 0.6) is 0 Å². The number of carbonyl (C=O) groups is 2. The van der Waals surface area contributed by atoms with Crippen molar-refractivity contribution in [3.8, 4) is 0 Å². The molecule has 1 aliphatic heterocycles. The largest absolute Gasteiger partial charge is 0.466 e. The first-order valence-corrected chi connectivity index (χ1v) is 8.23. The van der Waals surface area contributed by atoms with Gasteiger partial charge in [-0.2, -0.15) is 0 Å². The molecular formula is C17H26O6. The molecule has 1 saturated heterocycles. The van der Waals surface area contributed by atoms with Crippen molar-refractivity contribution in [3.63, 3.8) is 0 Å². The Bertz CT molecular complexity index is 454. The minimum atomic E-state index is -1.15. The fourth-order valence-corrected chi connectivity index (χ4v) is 2.94. The van der Waals surface area contributed by atoms with Gasteiger partial charge < -0.3 is 18.9 Å². The van der Waals surface area contributed by atoms with Crippen molar-refractivity contribution in [3.05, 3.63) is 12.2 Å². The van der Waals surface area contributed by atoms with Gasteiger partial charge in [-0.25, -0.2) is 4.79 Å². The molecule has 1 saturated carbocycles. The van der Waals surface area contributed by atoms with Crippen LogP contribution in [0.4, 0.5) is 0 Å². The van der Waals surface area contributed by atoms with Crippen molar-refractivity contribution in [2.24, 2.45) is 0 Å². The van der Waals surface area contributed by atoms with Crippen LogP contribution < -0.4 is 0 Å². The van der Waals surface area contributed by atoms with E-state index in [2.05, 4.69) is 6.58 Å². The zero-order valence-electron chi connectivity index (χ0n) is 14.0. The molecule has 0 unspecified atom stereocenters. The van der Waals surface area contributed by atoms with Crippen LogP contribution in [0.2, 0.25) is 0 Å². The molecule has 23 heavy (non-hydrogen) atoms. The fraction of sp³-hybridized carbons (Fsp3) is 0.765. The van der Waals surface area contributed by atoms with Crippen LogP contribution in [0.25, 0.3) is 0 Å². The van der Waals surface area contributed by atoms with Gasteiger partial charge in [-0.3, -0.25) is 4.79 Å². The third-order valence-electron chi connectivity index (χ3n) is 4.24. The monoisotopic (exact) mass is 326 g/mol. The van der Waals surface area contributed by atoms with Gasteiger partial charge in [-0.15, -0.1) is 0 Å². The lowest BCUT2D eigenvalue weighted by Crippen LogP contribution is -2.57. The fourth-order valence-electron chi connectivity index (χ4n) is 2.94. The van der Waals surface area contributed by atoms with Gasteiger partial charge in [0.25, 0.3) is 0 Å². The highest BCUT2D eigenvalue weighted by atomic mass is 16.7. The molecule has 0 atom stereocenters. The molecule has 1 aliphatic carbocycles. The number of hydrogen-bond acceptors (Lipinski definition) is 6. The zero-order chi connectivity index (χ0) is 16.9. The summed E-state index contributed by atoms with van der Waals surface area (Å²) in [7, 11) is 0. The molecule has 2 rings (SSSR count). The summed E-state index contributed by atoms with van der Waals surface area (Å²) >= 11 is 0. The van der Waals surface area contributed by atoms with Crippen LogP contribution >= 0.6 is 0 Å². The minimum Gasteiger partial charge on any atom is -0.466 e. The second-order valence-electron chi connectivity index (χ2n) is 6.38. The maximum Gasteiger partial charge on any atom is 0.333 e. The average Bonchev–Trinajstić information content (AvgIpc) is 2.52. The molecule has 2 aliphatic rings. The van der Waals surface area contributed by atoms with E-state index in [1.807, 2.05) is 0 Å². The molecule has 0 aromatic heterocycles. The highest BCUT2D eigenvalue weighted by Crippen LogP contribution is 2.39. The van der Waals surface area contributed by atoms with Gasteiger partial charge in [0.2, 0.25) is 0 Å². The second kappa shape index (κ2) is 7.45. The molecule has 130 valence electrons. The van der Waals surface area contributed by atoms with E-state index < -0.39 is 23.3 Å². The molecule has 0 aromatic carbocycles. The molecular weight excluding hydrogens is 300 g/mol. The van der Waals surface area contributed by atoms with Crippen molar-refractivity contribution in [2.45, 2.75) is 63.8 Å². The van der Waals surface area contributed by atoms with Gasteiger partial charge in [0, 0.05) is 18.4 Å². The molecule has 1 heterocycles. The molecule has 1 spiro atoms. The van der Waals surface area contributed by atoms with Gasteiger partial charge in [0.05, 0.1) is 26.2 Å². The van der Waals surface area contributed by atoms with E-state index in [-0.39, 0.29) is 31.8 Å². The molecule has 6 heteroatoms. The quantitative estimate of drug-likeness (QED) is 0.571. The van der Waals surface area contributed by atoms with E-state index in [4.69, 9.17) is 18.9 Å². The summed E-state index contributed by atoms with van der Waals surface area (Å²) in [5.74, 6) is -1.58. The SMILES string of the molecule is C=C(C)C(=O)OC1(CC(=O)OCC)COC2(CCCCC2)OC1. The third-order valence-corrected chi connectivity index (χ3v) is 4.24. The van der Waals surface area contributed by atoms with Gasteiger partial charge in [-0.1, -0.05) is 13.0 Å². The van der Waals surface area contributed by atoms with Crippen LogP contribution in [0, 0.1) is 0 Å². The van der Waals surface area contributed by atoms with Crippen LogP contribution in [0.3, 0.4) is 0 Å². The lowest BCUT2D eigenvalue weighted by Gasteiger charge is -2.46. The maximum absolute atomic E-state index is 11.9. The van der Waals surface area contributed by atoms with E-state index in [9.17, 15) is 9.59 Å². The Morgan fingerprint density at radius 3 is 2.26 bits per heavy atom. The maximum atomic E-state index is 11.9. The van der Waals surface area contributed by atoms with Crippen LogP contribution in [-0.2, 0) is 28.5 Å². The predicted octanol–water partition coefficient (Wildman–Crippen LogP) is 2.50. The van der Waals surface area contributed by atoms with Crippen molar-refractivity contribution >= 4 is 11.9 Å². The lowest BCUT2D eigenvalue weighted by molar-refractivity contribution is -0.329. The second-order valence-corrected chi connectivity index (χ2v) is 6.38. The summed E-state index contributed by atoms with van der Waals surface area (Å²) in [6.07, 6.45) is 4.85. The molecule has 2 fully saturated rings. The summed E-state index contributed by atoms with van der Waals surface area (Å²) in [6.45, 7) is 7.41. The van der Waals surface area contributed by atoms with E-state index in [0.717, 1.165) is 25.7 Å². The van der Waals surface area contributed by atoms with Crippen molar-refractivity contribution < 1.29 is 28.5 Å². The molecule has 0 aromatic rings. The number of rotatable bonds is 5. The summed E-state index contributed by atoms with van der Waals surface area (Å²) in [5.41, 5.74) is -0.878. The predicted molar refractivity (Wildman–Crippen MR) is 82.6 cm³/mol. The highest BCUT2D eigenvalue weighted by molar-refractivity contribution is 5.87. The Morgan fingerprint density at radius 1 is 1.13 bits per heavy atom. The third kappa shape index (κ3) is 4.54. The standard InChI is InChI=1S/C17H26O6/c1-4-20-14(18)10-16(23-15(19)13(2)3)11-21-17(22-12-16)8-6-5-7-9-17/h2,4-12H2,1,3H3. The minimum absolute atomic E-state index is 0.0874. The van der Waals surface area contributed by atoms with E-state index in [0.29, 0.717) is 0 Å². The van der Waals surface area contributed by atoms with E-state index in [1.54, 1.807) is 13.8 Å². The summed E-state index contributed by atoms with van der Waals surface area (Å²) in [5, 5.41) is 0. The number of ether oxygens (including phenoxy) is 4. The Kier molecular flexibility index (Phi) is 5.81. The molecule has 0 N–H and O–H groups in total. The van der Waals surface area contributed by atoms with E-state index in [1.165, 1.54) is 6.42 Å². The van der Waals surface area contributed by atoms with Crippen LogP contribution in [0.15, 0.2) is 12.2 Å². The zero-order valence-corrected chi connectivity index (χ0v) is 14.0. The molecule has 0 amide bonds. The van der Waals surface area contributed by atoms with Gasteiger partial charge in [0.1, 0.15) is 0 Å². The van der Waals surface area contributed by atoms with Crippen molar-refractivity contribution in [2.75, 3.05) is 19.8 Å². The lowest BCUT2D eigenvalue weighted by atomic mass is 9.91. The number of esters is 2. The van der Waals surface area contributed by atoms with Crippen molar-refractivity contribution in [1.29, 1.82) is 0 Å². The van der Waals surface area contributed by atoms with Gasteiger partial charge >= 0.3 is 11.9 Å². The average molecular weight is 326 g/mol. The summed E-state index contributed by atoms with van der Waals surface area (Å²) in [4.78, 5) is 23.8. The molecule has 0 radical (unpaired) electrons. The topological polar surface area (TPSA) is 71.1 Å². The molecule has 0 bridgehead atoms. The number of hydrogen-bond donors (Lipinski definition) is 0. The number of carbonyl (C=O) groups excluding carboxylic acids is 2. The van der Waals surface area contributed by atoms with Gasteiger partial charge in [0.15, 0.2) is 11.4 Å². The van der Waals surface area contributed by atoms with E-state index >= 15 is 0 Å². The Labute approximate surface area is 137 Å². The first-order valence-electron chi connectivity index (χ1n) is 8.23. The Balaban J connectivity index is 2.07. The molecule has 6 nitrogen and oxygen atoms in total. The smallest absolute Gasteiger partial charge is 0.333 e. The van der Waals surface area contributed by atoms with Crippen LogP contribution in [0.1, 0.15) is 52.4 Å².